The van der Waals surface area contributed by atoms with Gasteiger partial charge in [-0.25, -0.2) is 0 Å². The van der Waals surface area contributed by atoms with E-state index in [2.05, 4.69) is 29.6 Å². The van der Waals surface area contributed by atoms with Crippen LogP contribution in [0.4, 0.5) is 0 Å². The van der Waals surface area contributed by atoms with E-state index in [0.717, 1.165) is 38.4 Å². The Hall–Kier alpha value is -0.570. The second-order valence-electron chi connectivity index (χ2n) is 4.76. The quantitative estimate of drug-likeness (QED) is 0.605. The summed E-state index contributed by atoms with van der Waals surface area (Å²) in [5.74, 6) is 0.777. The number of fused-ring (bicyclic) bond motifs is 1. The Morgan fingerprint density at radius 2 is 2.11 bits per heavy atom. The topological polar surface area (TPSA) is 21.3 Å². The predicted molar refractivity (Wildman–Crippen MR) is 76.3 cm³/mol. The largest absolute Gasteiger partial charge is 0.372 e. The highest BCUT2D eigenvalue weighted by atomic mass is 35.5. The molecule has 1 heterocycles. The van der Waals surface area contributed by atoms with Gasteiger partial charge < -0.3 is 10.1 Å². The zero-order valence-electron chi connectivity index (χ0n) is 10.8. The molecular weight excluding hydrogens is 246 g/mol. The maximum absolute atomic E-state index is 5.85. The summed E-state index contributed by atoms with van der Waals surface area (Å²) in [6.07, 6.45) is 4.79. The lowest BCUT2D eigenvalue weighted by atomic mass is 9.97. The number of ether oxygens (including phenoxy) is 1. The Kier molecular flexibility index (Phi) is 5.98. The van der Waals surface area contributed by atoms with E-state index in [9.17, 15) is 0 Å². The molecule has 0 amide bonds. The molecule has 0 aliphatic carbocycles. The minimum Gasteiger partial charge on any atom is -0.372 e. The molecule has 1 aliphatic heterocycles. The third-order valence-electron chi connectivity index (χ3n) is 3.41. The number of unbranched alkanes of at least 4 members (excludes halogenated alkanes) is 2. The number of rotatable bonds is 7. The van der Waals surface area contributed by atoms with Crippen LogP contribution in [0, 0.1) is 0 Å². The molecule has 18 heavy (non-hydrogen) atoms. The van der Waals surface area contributed by atoms with Crippen molar-refractivity contribution in [1.82, 2.24) is 5.32 Å². The maximum atomic E-state index is 5.85. The van der Waals surface area contributed by atoms with Gasteiger partial charge in [-0.05, 0) is 36.9 Å². The fourth-order valence-corrected chi connectivity index (χ4v) is 2.59. The van der Waals surface area contributed by atoms with Crippen LogP contribution >= 0.6 is 11.6 Å². The predicted octanol–water partition coefficient (Wildman–Crippen LogP) is 3.30. The summed E-state index contributed by atoms with van der Waals surface area (Å²) < 4.78 is 5.85. The van der Waals surface area contributed by atoms with Gasteiger partial charge in [-0.2, -0.15) is 0 Å². The monoisotopic (exact) mass is 267 g/mol. The minimum atomic E-state index is 0.225. The van der Waals surface area contributed by atoms with Crippen molar-refractivity contribution >= 4 is 11.6 Å². The van der Waals surface area contributed by atoms with Gasteiger partial charge in [-0.3, -0.25) is 0 Å². The molecule has 1 aromatic carbocycles. The van der Waals surface area contributed by atoms with Crippen molar-refractivity contribution in [2.45, 2.75) is 31.8 Å². The van der Waals surface area contributed by atoms with Crippen LogP contribution in [0.15, 0.2) is 24.3 Å². The van der Waals surface area contributed by atoms with Gasteiger partial charge in [0.1, 0.15) is 0 Å². The first-order valence-corrected chi connectivity index (χ1v) is 7.41. The molecule has 2 nitrogen and oxygen atoms in total. The van der Waals surface area contributed by atoms with E-state index in [1.54, 1.807) is 0 Å². The van der Waals surface area contributed by atoms with Crippen LogP contribution in [0.5, 0.6) is 0 Å². The van der Waals surface area contributed by atoms with Crippen molar-refractivity contribution in [2.75, 3.05) is 25.6 Å². The standard InChI is InChI=1S/C15H22ClNO/c16-9-4-1-5-10-17-12-15-14-7-3-2-6-13(14)8-11-18-15/h2-3,6-7,15,17H,1,4-5,8-12H2. The lowest BCUT2D eigenvalue weighted by Crippen LogP contribution is -2.28. The number of nitrogens with one attached hydrogen (secondary N) is 1. The first kappa shape index (κ1) is 13.9. The van der Waals surface area contributed by atoms with Crippen LogP contribution in [0.1, 0.15) is 36.5 Å². The summed E-state index contributed by atoms with van der Waals surface area (Å²) in [5.41, 5.74) is 2.80. The van der Waals surface area contributed by atoms with Crippen LogP contribution in [0.3, 0.4) is 0 Å². The highest BCUT2D eigenvalue weighted by molar-refractivity contribution is 6.17. The lowest BCUT2D eigenvalue weighted by molar-refractivity contribution is 0.0426. The van der Waals surface area contributed by atoms with Crippen LogP contribution in [0.2, 0.25) is 0 Å². The molecule has 1 aromatic rings. The molecule has 0 radical (unpaired) electrons. The molecule has 1 unspecified atom stereocenters. The lowest BCUT2D eigenvalue weighted by Gasteiger charge is -2.26. The summed E-state index contributed by atoms with van der Waals surface area (Å²) in [5, 5.41) is 3.49. The van der Waals surface area contributed by atoms with E-state index in [1.165, 1.54) is 24.0 Å². The fourth-order valence-electron chi connectivity index (χ4n) is 2.40. The minimum absolute atomic E-state index is 0.225. The zero-order valence-corrected chi connectivity index (χ0v) is 11.6. The van der Waals surface area contributed by atoms with E-state index in [1.807, 2.05) is 0 Å². The van der Waals surface area contributed by atoms with Crippen LogP contribution in [0.25, 0.3) is 0 Å². The van der Waals surface area contributed by atoms with Gasteiger partial charge >= 0.3 is 0 Å². The highest BCUT2D eigenvalue weighted by Crippen LogP contribution is 2.26. The van der Waals surface area contributed by atoms with Crippen molar-refractivity contribution < 1.29 is 4.74 Å². The van der Waals surface area contributed by atoms with Gasteiger partial charge in [0.05, 0.1) is 12.7 Å². The summed E-state index contributed by atoms with van der Waals surface area (Å²) in [6, 6.07) is 8.61. The molecule has 100 valence electrons. The van der Waals surface area contributed by atoms with Crippen LogP contribution < -0.4 is 5.32 Å². The van der Waals surface area contributed by atoms with Crippen LogP contribution in [-0.2, 0) is 11.2 Å². The third-order valence-corrected chi connectivity index (χ3v) is 3.68. The molecule has 1 atom stereocenters. The molecule has 1 N–H and O–H groups in total. The summed E-state index contributed by atoms with van der Waals surface area (Å²) in [4.78, 5) is 0. The first-order valence-electron chi connectivity index (χ1n) is 6.88. The normalized spacial score (nSPS) is 18.6. The molecule has 1 aliphatic rings. The summed E-state index contributed by atoms with van der Waals surface area (Å²) >= 11 is 5.65. The van der Waals surface area contributed by atoms with Crippen molar-refractivity contribution in [3.63, 3.8) is 0 Å². The molecule has 0 saturated carbocycles. The Labute approximate surface area is 115 Å². The second kappa shape index (κ2) is 7.78. The van der Waals surface area contributed by atoms with E-state index < -0.39 is 0 Å². The Bertz CT molecular complexity index is 356. The van der Waals surface area contributed by atoms with E-state index in [4.69, 9.17) is 16.3 Å². The van der Waals surface area contributed by atoms with Crippen LogP contribution in [-0.4, -0.2) is 25.6 Å². The zero-order chi connectivity index (χ0) is 12.6. The van der Waals surface area contributed by atoms with Crippen molar-refractivity contribution in [2.24, 2.45) is 0 Å². The molecule has 3 heteroatoms. The van der Waals surface area contributed by atoms with Crippen molar-refractivity contribution in [1.29, 1.82) is 0 Å². The molecule has 0 aromatic heterocycles. The van der Waals surface area contributed by atoms with Gasteiger partial charge in [0, 0.05) is 12.4 Å². The molecule has 2 rings (SSSR count). The Morgan fingerprint density at radius 3 is 3.00 bits per heavy atom. The van der Waals surface area contributed by atoms with Crippen molar-refractivity contribution in [3.05, 3.63) is 35.4 Å². The summed E-state index contributed by atoms with van der Waals surface area (Å²) in [6.45, 7) is 2.81. The number of hydrogen-bond donors (Lipinski definition) is 1. The number of hydrogen-bond acceptors (Lipinski definition) is 2. The average molecular weight is 268 g/mol. The van der Waals surface area contributed by atoms with Gasteiger partial charge in [-0.15, -0.1) is 11.6 Å². The van der Waals surface area contributed by atoms with Gasteiger partial charge in [0.2, 0.25) is 0 Å². The third kappa shape index (κ3) is 3.98. The molecular formula is C15H22ClNO. The second-order valence-corrected chi connectivity index (χ2v) is 5.14. The fraction of sp³-hybridized carbons (Fsp3) is 0.600. The van der Waals surface area contributed by atoms with Gasteiger partial charge in [-0.1, -0.05) is 30.7 Å². The van der Waals surface area contributed by atoms with E-state index >= 15 is 0 Å². The van der Waals surface area contributed by atoms with Crippen molar-refractivity contribution in [3.8, 4) is 0 Å². The number of halogens is 1. The van der Waals surface area contributed by atoms with E-state index in [0.29, 0.717) is 0 Å². The smallest absolute Gasteiger partial charge is 0.0952 e. The van der Waals surface area contributed by atoms with Gasteiger partial charge in [0.25, 0.3) is 0 Å². The maximum Gasteiger partial charge on any atom is 0.0952 e. The molecule has 0 spiro atoms. The molecule has 0 fully saturated rings. The highest BCUT2D eigenvalue weighted by Gasteiger charge is 2.19. The Balaban J connectivity index is 1.74. The first-order chi connectivity index (χ1) is 8.92. The van der Waals surface area contributed by atoms with E-state index in [-0.39, 0.29) is 6.10 Å². The average Bonchev–Trinajstić information content (AvgIpc) is 2.43. The Morgan fingerprint density at radius 1 is 1.22 bits per heavy atom. The molecule has 0 bridgehead atoms. The number of alkyl halides is 1. The SMILES string of the molecule is ClCCCCCNCC1OCCc2ccccc21. The van der Waals surface area contributed by atoms with Gasteiger partial charge in [0.15, 0.2) is 0 Å². The number of benzene rings is 1. The summed E-state index contributed by atoms with van der Waals surface area (Å²) in [7, 11) is 0. The molecule has 0 saturated heterocycles.